The van der Waals surface area contributed by atoms with Crippen LogP contribution in [-0.2, 0) is 4.74 Å². The van der Waals surface area contributed by atoms with Gasteiger partial charge < -0.3 is 15.4 Å². The Hall–Kier alpha value is -1.20. The zero-order valence-corrected chi connectivity index (χ0v) is 9.76. The van der Waals surface area contributed by atoms with Gasteiger partial charge in [-0.25, -0.2) is 9.97 Å². The average Bonchev–Trinajstić information content (AvgIpc) is 2.28. The fourth-order valence-electron chi connectivity index (χ4n) is 1.98. The minimum atomic E-state index is 0.0963. The van der Waals surface area contributed by atoms with Crippen molar-refractivity contribution in [1.82, 2.24) is 9.97 Å². The Morgan fingerprint density at radius 1 is 1.50 bits per heavy atom. The summed E-state index contributed by atoms with van der Waals surface area (Å²) in [5.41, 5.74) is 6.63. The molecule has 0 spiro atoms. The molecule has 2 rings (SSSR count). The lowest BCUT2D eigenvalue weighted by Crippen LogP contribution is -2.49. The average molecular weight is 222 g/mol. The fourth-order valence-corrected chi connectivity index (χ4v) is 1.98. The number of anilines is 1. The monoisotopic (exact) mass is 222 g/mol. The van der Waals surface area contributed by atoms with Crippen LogP contribution in [0.3, 0.4) is 0 Å². The van der Waals surface area contributed by atoms with Gasteiger partial charge in [0.1, 0.15) is 12.1 Å². The Labute approximate surface area is 95.6 Å². The third-order valence-electron chi connectivity index (χ3n) is 2.70. The normalized spacial score (nSPS) is 25.8. The zero-order valence-electron chi connectivity index (χ0n) is 9.76. The summed E-state index contributed by atoms with van der Waals surface area (Å²) in [5.74, 6) is 0.959. The van der Waals surface area contributed by atoms with Crippen molar-refractivity contribution in [2.24, 2.45) is 5.73 Å². The first-order chi connectivity index (χ1) is 7.69. The van der Waals surface area contributed by atoms with E-state index < -0.39 is 0 Å². The molecule has 0 saturated carbocycles. The molecule has 0 bridgehead atoms. The van der Waals surface area contributed by atoms with Gasteiger partial charge in [0, 0.05) is 31.4 Å². The van der Waals surface area contributed by atoms with E-state index in [0.717, 1.165) is 24.6 Å². The maximum atomic E-state index is 5.71. The Kier molecular flexibility index (Phi) is 3.36. The van der Waals surface area contributed by atoms with E-state index in [4.69, 9.17) is 10.5 Å². The van der Waals surface area contributed by atoms with Gasteiger partial charge in [-0.05, 0) is 13.8 Å². The predicted molar refractivity (Wildman–Crippen MR) is 62.4 cm³/mol. The lowest BCUT2D eigenvalue weighted by Gasteiger charge is -2.37. The number of rotatable bonds is 2. The molecule has 1 saturated heterocycles. The van der Waals surface area contributed by atoms with Gasteiger partial charge >= 0.3 is 0 Å². The van der Waals surface area contributed by atoms with Crippen molar-refractivity contribution in [2.75, 3.05) is 24.5 Å². The zero-order chi connectivity index (χ0) is 11.5. The minimum Gasteiger partial charge on any atom is -0.370 e. The van der Waals surface area contributed by atoms with Crippen molar-refractivity contribution in [2.45, 2.75) is 26.1 Å². The number of morpholine rings is 1. The molecule has 16 heavy (non-hydrogen) atoms. The summed E-state index contributed by atoms with van der Waals surface area (Å²) in [4.78, 5) is 10.6. The quantitative estimate of drug-likeness (QED) is 0.781. The van der Waals surface area contributed by atoms with E-state index in [2.05, 4.69) is 21.8 Å². The lowest BCUT2D eigenvalue weighted by molar-refractivity contribution is -0.0107. The van der Waals surface area contributed by atoms with Gasteiger partial charge in [-0.15, -0.1) is 0 Å². The smallest absolute Gasteiger partial charge is 0.132 e. The summed E-state index contributed by atoms with van der Waals surface area (Å²) in [7, 11) is 0. The predicted octanol–water partition coefficient (Wildman–Crippen LogP) is 0.337. The Bertz CT molecular complexity index is 358. The summed E-state index contributed by atoms with van der Waals surface area (Å²) in [6, 6.07) is 1.99. The molecule has 1 aliphatic heterocycles. The Morgan fingerprint density at radius 2 is 2.31 bits per heavy atom. The van der Waals surface area contributed by atoms with Crippen LogP contribution in [0.25, 0.3) is 0 Å². The van der Waals surface area contributed by atoms with E-state index in [1.165, 1.54) is 0 Å². The van der Waals surface area contributed by atoms with E-state index in [1.54, 1.807) is 6.33 Å². The summed E-state index contributed by atoms with van der Waals surface area (Å²) >= 11 is 0. The van der Waals surface area contributed by atoms with Crippen LogP contribution in [0.1, 0.15) is 12.6 Å². The summed E-state index contributed by atoms with van der Waals surface area (Å²) in [6.07, 6.45) is 1.89. The Morgan fingerprint density at radius 3 is 3.00 bits per heavy atom. The van der Waals surface area contributed by atoms with Gasteiger partial charge in [0.05, 0.1) is 12.2 Å². The fraction of sp³-hybridized carbons (Fsp3) is 0.636. The van der Waals surface area contributed by atoms with Crippen LogP contribution in [0.4, 0.5) is 5.82 Å². The van der Waals surface area contributed by atoms with Crippen molar-refractivity contribution in [3.05, 3.63) is 18.1 Å². The highest BCUT2D eigenvalue weighted by atomic mass is 16.5. The van der Waals surface area contributed by atoms with Crippen LogP contribution < -0.4 is 10.6 Å². The van der Waals surface area contributed by atoms with Crippen LogP contribution >= 0.6 is 0 Å². The molecule has 1 aromatic heterocycles. The summed E-state index contributed by atoms with van der Waals surface area (Å²) in [5, 5.41) is 0. The van der Waals surface area contributed by atoms with Gasteiger partial charge in [0.2, 0.25) is 0 Å². The topological polar surface area (TPSA) is 64.3 Å². The molecule has 5 nitrogen and oxygen atoms in total. The molecule has 0 aromatic carbocycles. The molecule has 0 aliphatic carbocycles. The molecule has 0 radical (unpaired) electrons. The summed E-state index contributed by atoms with van der Waals surface area (Å²) < 4.78 is 5.71. The second-order valence-electron chi connectivity index (χ2n) is 4.23. The lowest BCUT2D eigenvalue weighted by atomic mass is 10.2. The molecule has 88 valence electrons. The number of aromatic nitrogens is 2. The standard InChI is InChI=1S/C11H18N4O/c1-8-3-11(14-7-13-8)15-5-9(2)16-10(4-12)6-15/h3,7,9-10H,4-6,12H2,1-2H3. The van der Waals surface area contributed by atoms with Crippen molar-refractivity contribution in [3.63, 3.8) is 0 Å². The second kappa shape index (κ2) is 4.76. The van der Waals surface area contributed by atoms with E-state index in [1.807, 2.05) is 13.0 Å². The van der Waals surface area contributed by atoms with Gasteiger partial charge in [-0.1, -0.05) is 0 Å². The largest absolute Gasteiger partial charge is 0.370 e. The number of nitrogens with two attached hydrogens (primary N) is 1. The van der Waals surface area contributed by atoms with Crippen molar-refractivity contribution in [1.29, 1.82) is 0 Å². The number of hydrogen-bond donors (Lipinski definition) is 1. The molecule has 0 amide bonds. The van der Waals surface area contributed by atoms with Crippen LogP contribution in [0, 0.1) is 6.92 Å². The van der Waals surface area contributed by atoms with Crippen LogP contribution in [0.2, 0.25) is 0 Å². The van der Waals surface area contributed by atoms with Crippen molar-refractivity contribution >= 4 is 5.82 Å². The van der Waals surface area contributed by atoms with Crippen LogP contribution in [0.5, 0.6) is 0 Å². The highest BCUT2D eigenvalue weighted by Crippen LogP contribution is 2.17. The van der Waals surface area contributed by atoms with Crippen LogP contribution in [0.15, 0.2) is 12.4 Å². The first kappa shape index (κ1) is 11.3. The Balaban J connectivity index is 2.14. The molecule has 2 N–H and O–H groups in total. The number of ether oxygens (including phenoxy) is 1. The van der Waals surface area contributed by atoms with E-state index in [0.29, 0.717) is 6.54 Å². The van der Waals surface area contributed by atoms with E-state index >= 15 is 0 Å². The first-order valence-electron chi connectivity index (χ1n) is 5.58. The maximum Gasteiger partial charge on any atom is 0.132 e. The maximum absolute atomic E-state index is 5.71. The summed E-state index contributed by atoms with van der Waals surface area (Å²) in [6.45, 7) is 6.23. The first-order valence-corrected chi connectivity index (χ1v) is 5.58. The molecule has 2 heterocycles. The third-order valence-corrected chi connectivity index (χ3v) is 2.70. The van der Waals surface area contributed by atoms with Gasteiger partial charge in [-0.2, -0.15) is 0 Å². The third kappa shape index (κ3) is 2.48. The van der Waals surface area contributed by atoms with Gasteiger partial charge in [0.25, 0.3) is 0 Å². The van der Waals surface area contributed by atoms with Crippen molar-refractivity contribution < 1.29 is 4.74 Å². The minimum absolute atomic E-state index is 0.0963. The molecular weight excluding hydrogens is 204 g/mol. The van der Waals surface area contributed by atoms with Crippen molar-refractivity contribution in [3.8, 4) is 0 Å². The van der Waals surface area contributed by atoms with E-state index in [-0.39, 0.29) is 12.2 Å². The highest BCUT2D eigenvalue weighted by Gasteiger charge is 2.25. The number of aryl methyl sites for hydroxylation is 1. The van der Waals surface area contributed by atoms with Gasteiger partial charge in [0.15, 0.2) is 0 Å². The molecule has 2 unspecified atom stereocenters. The highest BCUT2D eigenvalue weighted by molar-refractivity contribution is 5.39. The van der Waals surface area contributed by atoms with Gasteiger partial charge in [-0.3, -0.25) is 0 Å². The van der Waals surface area contributed by atoms with E-state index in [9.17, 15) is 0 Å². The molecule has 5 heteroatoms. The number of nitrogens with zero attached hydrogens (tertiary/aromatic N) is 3. The SMILES string of the molecule is Cc1cc(N2CC(C)OC(CN)C2)ncn1. The van der Waals surface area contributed by atoms with Crippen LogP contribution in [-0.4, -0.2) is 41.8 Å². The molecule has 1 aromatic rings. The molecule has 1 aliphatic rings. The molecule has 2 atom stereocenters. The molecular formula is C11H18N4O. The second-order valence-corrected chi connectivity index (χ2v) is 4.23. The number of hydrogen-bond acceptors (Lipinski definition) is 5. The molecule has 1 fully saturated rings.